The molecule has 6 heteroatoms. The Labute approximate surface area is 172 Å². The fourth-order valence-electron chi connectivity index (χ4n) is 4.27. The molecule has 0 saturated heterocycles. The SMILES string of the molecule is c1ccc(C[NH+]2CCc3c(sc4ncn5nc(-c6ccccc6)nc5c34)C2)cc1. The largest absolute Gasteiger partial charge is 0.326 e. The summed E-state index contributed by atoms with van der Waals surface area (Å²) in [4.78, 5) is 13.7. The second kappa shape index (κ2) is 6.76. The van der Waals surface area contributed by atoms with Gasteiger partial charge < -0.3 is 4.90 Å². The maximum absolute atomic E-state index is 4.89. The van der Waals surface area contributed by atoms with Crippen molar-refractivity contribution in [3.8, 4) is 11.4 Å². The number of nitrogens with one attached hydrogen (secondary N) is 1. The van der Waals surface area contributed by atoms with E-state index in [1.54, 1.807) is 11.2 Å². The van der Waals surface area contributed by atoms with Gasteiger partial charge in [0.1, 0.15) is 24.2 Å². The lowest BCUT2D eigenvalue weighted by atomic mass is 10.0. The molecule has 1 unspecified atom stereocenters. The third-order valence-corrected chi connectivity index (χ3v) is 6.82. The van der Waals surface area contributed by atoms with Crippen molar-refractivity contribution in [1.29, 1.82) is 0 Å². The van der Waals surface area contributed by atoms with Crippen molar-refractivity contribution in [2.45, 2.75) is 19.5 Å². The van der Waals surface area contributed by atoms with Gasteiger partial charge in [0, 0.05) is 17.5 Å². The Morgan fingerprint density at radius 2 is 1.79 bits per heavy atom. The number of benzene rings is 2. The van der Waals surface area contributed by atoms with Crippen LogP contribution in [0.25, 0.3) is 27.3 Å². The monoisotopic (exact) mass is 398 g/mol. The highest BCUT2D eigenvalue weighted by Crippen LogP contribution is 2.34. The summed E-state index contributed by atoms with van der Waals surface area (Å²) >= 11 is 1.82. The Bertz CT molecular complexity index is 1310. The van der Waals surface area contributed by atoms with Gasteiger partial charge in [0.2, 0.25) is 0 Å². The maximum Gasteiger partial charge on any atom is 0.182 e. The molecule has 5 aromatic rings. The molecular formula is C23H20N5S+. The van der Waals surface area contributed by atoms with Crippen LogP contribution in [0.5, 0.6) is 0 Å². The molecule has 5 nitrogen and oxygen atoms in total. The van der Waals surface area contributed by atoms with Crippen molar-refractivity contribution in [3.05, 3.63) is 83.0 Å². The summed E-state index contributed by atoms with van der Waals surface area (Å²) < 4.78 is 1.83. The highest BCUT2D eigenvalue weighted by molar-refractivity contribution is 7.19. The third kappa shape index (κ3) is 2.92. The van der Waals surface area contributed by atoms with Gasteiger partial charge in [-0.15, -0.1) is 16.4 Å². The van der Waals surface area contributed by atoms with Crippen LogP contribution in [0.15, 0.2) is 67.0 Å². The van der Waals surface area contributed by atoms with Crippen LogP contribution >= 0.6 is 11.3 Å². The number of hydrogen-bond donors (Lipinski definition) is 1. The molecule has 4 heterocycles. The van der Waals surface area contributed by atoms with Crippen molar-refractivity contribution in [2.75, 3.05) is 6.54 Å². The Hall–Kier alpha value is -3.09. The minimum Gasteiger partial charge on any atom is -0.326 e. The van der Waals surface area contributed by atoms with E-state index in [9.17, 15) is 0 Å². The lowest BCUT2D eigenvalue weighted by Crippen LogP contribution is -3.10. The van der Waals surface area contributed by atoms with Crippen molar-refractivity contribution in [2.24, 2.45) is 0 Å². The molecule has 0 fully saturated rings. The Kier molecular flexibility index (Phi) is 3.92. The van der Waals surface area contributed by atoms with E-state index in [1.165, 1.54) is 21.4 Å². The molecule has 0 saturated carbocycles. The van der Waals surface area contributed by atoms with E-state index in [0.29, 0.717) is 0 Å². The lowest BCUT2D eigenvalue weighted by Gasteiger charge is -2.24. The first kappa shape index (κ1) is 16.8. The molecule has 0 bridgehead atoms. The topological polar surface area (TPSA) is 47.5 Å². The van der Waals surface area contributed by atoms with E-state index in [2.05, 4.69) is 35.4 Å². The summed E-state index contributed by atoms with van der Waals surface area (Å²) in [6.07, 6.45) is 2.86. The van der Waals surface area contributed by atoms with Crippen LogP contribution in [0.2, 0.25) is 0 Å². The quantitative estimate of drug-likeness (QED) is 0.508. The van der Waals surface area contributed by atoms with Gasteiger partial charge in [0.25, 0.3) is 0 Å². The molecule has 29 heavy (non-hydrogen) atoms. The maximum atomic E-state index is 4.89. The van der Waals surface area contributed by atoms with Crippen LogP contribution in [-0.4, -0.2) is 26.1 Å². The summed E-state index contributed by atoms with van der Waals surface area (Å²) in [6.45, 7) is 3.26. The van der Waals surface area contributed by atoms with E-state index < -0.39 is 0 Å². The van der Waals surface area contributed by atoms with Crippen molar-refractivity contribution >= 4 is 27.2 Å². The zero-order chi connectivity index (χ0) is 19.2. The normalized spacial score (nSPS) is 16.3. The zero-order valence-corrected chi connectivity index (χ0v) is 16.7. The molecule has 0 aliphatic carbocycles. The first-order valence-corrected chi connectivity index (χ1v) is 10.8. The number of fused-ring (bicyclic) bond motifs is 5. The van der Waals surface area contributed by atoms with E-state index in [0.717, 1.165) is 47.9 Å². The molecule has 1 atom stereocenters. The van der Waals surface area contributed by atoms with Crippen LogP contribution < -0.4 is 4.90 Å². The Morgan fingerprint density at radius 3 is 2.62 bits per heavy atom. The fraction of sp³-hybridized carbons (Fsp3) is 0.174. The number of hydrogen-bond acceptors (Lipinski definition) is 4. The van der Waals surface area contributed by atoms with Gasteiger partial charge in [-0.25, -0.2) is 14.5 Å². The van der Waals surface area contributed by atoms with Crippen LogP contribution in [0.4, 0.5) is 0 Å². The second-order valence-electron chi connectivity index (χ2n) is 7.59. The van der Waals surface area contributed by atoms with E-state index in [4.69, 9.17) is 9.97 Å². The van der Waals surface area contributed by atoms with E-state index in [1.807, 2.05) is 46.2 Å². The Morgan fingerprint density at radius 1 is 1.00 bits per heavy atom. The van der Waals surface area contributed by atoms with Crippen molar-refractivity contribution in [3.63, 3.8) is 0 Å². The second-order valence-corrected chi connectivity index (χ2v) is 8.67. The number of rotatable bonds is 3. The number of thiophene rings is 1. The molecule has 142 valence electrons. The van der Waals surface area contributed by atoms with E-state index in [-0.39, 0.29) is 0 Å². The first-order chi connectivity index (χ1) is 14.3. The minimum atomic E-state index is 0.756. The zero-order valence-electron chi connectivity index (χ0n) is 15.9. The van der Waals surface area contributed by atoms with Gasteiger partial charge in [-0.05, 0) is 5.56 Å². The summed E-state index contributed by atoms with van der Waals surface area (Å²) in [5, 5.41) is 5.87. The molecule has 0 radical (unpaired) electrons. The molecule has 0 amide bonds. The fourth-order valence-corrected chi connectivity index (χ4v) is 5.52. The molecule has 0 spiro atoms. The van der Waals surface area contributed by atoms with Crippen LogP contribution in [0.1, 0.15) is 16.0 Å². The predicted octanol–water partition coefficient (Wildman–Crippen LogP) is 3.15. The third-order valence-electron chi connectivity index (χ3n) is 5.68. The predicted molar refractivity (Wildman–Crippen MR) is 115 cm³/mol. The summed E-state index contributed by atoms with van der Waals surface area (Å²) in [6, 6.07) is 20.9. The highest BCUT2D eigenvalue weighted by atomic mass is 32.1. The molecule has 2 aromatic carbocycles. The van der Waals surface area contributed by atoms with E-state index >= 15 is 0 Å². The molecule has 3 aromatic heterocycles. The summed E-state index contributed by atoms with van der Waals surface area (Å²) in [5.41, 5.74) is 4.79. The molecule has 6 rings (SSSR count). The average Bonchev–Trinajstić information content (AvgIpc) is 3.36. The van der Waals surface area contributed by atoms with Crippen LogP contribution in [0.3, 0.4) is 0 Å². The lowest BCUT2D eigenvalue weighted by molar-refractivity contribution is -0.929. The summed E-state index contributed by atoms with van der Waals surface area (Å²) in [7, 11) is 0. The molecular weight excluding hydrogens is 378 g/mol. The van der Waals surface area contributed by atoms with Gasteiger partial charge in [0.05, 0.1) is 16.8 Å². The smallest absolute Gasteiger partial charge is 0.182 e. The van der Waals surface area contributed by atoms with Gasteiger partial charge in [-0.3, -0.25) is 0 Å². The number of quaternary nitrogens is 1. The van der Waals surface area contributed by atoms with Crippen molar-refractivity contribution in [1.82, 2.24) is 19.6 Å². The van der Waals surface area contributed by atoms with Gasteiger partial charge in [-0.2, -0.15) is 0 Å². The van der Waals surface area contributed by atoms with Gasteiger partial charge in [-0.1, -0.05) is 60.7 Å². The Balaban J connectivity index is 1.40. The average molecular weight is 399 g/mol. The summed E-state index contributed by atoms with van der Waals surface area (Å²) in [5.74, 6) is 0.756. The van der Waals surface area contributed by atoms with Crippen molar-refractivity contribution < 1.29 is 4.90 Å². The van der Waals surface area contributed by atoms with Gasteiger partial charge in [0.15, 0.2) is 11.5 Å². The minimum absolute atomic E-state index is 0.756. The number of nitrogens with zero attached hydrogens (tertiary/aromatic N) is 4. The van der Waals surface area contributed by atoms with Gasteiger partial charge >= 0.3 is 0 Å². The standard InChI is InChI=1S/C23H19N5S/c1-3-7-16(8-4-1)13-27-12-11-18-19(14-27)29-23-20(18)22-25-21(26-28(22)15-24-23)17-9-5-2-6-10-17/h1-10,15H,11-14H2/p+1. The molecule has 1 aliphatic rings. The van der Waals surface area contributed by atoms with Crippen LogP contribution in [0, 0.1) is 0 Å². The first-order valence-electron chi connectivity index (χ1n) is 9.94. The molecule has 1 aliphatic heterocycles. The number of aromatic nitrogens is 4. The molecule has 1 N–H and O–H groups in total. The van der Waals surface area contributed by atoms with Crippen LogP contribution in [-0.2, 0) is 19.5 Å². The highest BCUT2D eigenvalue weighted by Gasteiger charge is 2.26.